The minimum Gasteiger partial charge on any atom is -0.611 e. The first-order chi connectivity index (χ1) is 9.58. The van der Waals surface area contributed by atoms with Crippen LogP contribution in [0.5, 0.6) is 0 Å². The maximum Gasteiger partial charge on any atom is 0.152 e. The van der Waals surface area contributed by atoms with Crippen LogP contribution in [0.15, 0.2) is 47.4 Å². The number of hydrogen-bond donors (Lipinski definition) is 0. The maximum absolute atomic E-state index is 12.5. The molecule has 0 spiro atoms. The average molecular weight is 292 g/mol. The first kappa shape index (κ1) is 14.1. The number of hydrogen-bond acceptors (Lipinski definition) is 3. The van der Waals surface area contributed by atoms with Crippen LogP contribution < -0.4 is 0 Å². The summed E-state index contributed by atoms with van der Waals surface area (Å²) in [6.07, 6.45) is 2.97. The largest absolute Gasteiger partial charge is 0.611 e. The lowest BCUT2D eigenvalue weighted by Gasteiger charge is -2.45. The summed E-state index contributed by atoms with van der Waals surface area (Å²) in [5.41, 5.74) is 0.644. The van der Waals surface area contributed by atoms with Crippen LogP contribution >= 0.6 is 0 Å². The van der Waals surface area contributed by atoms with E-state index in [2.05, 4.69) is 6.58 Å². The van der Waals surface area contributed by atoms with E-state index in [0.717, 1.165) is 29.7 Å². The highest BCUT2D eigenvalue weighted by Gasteiger charge is 2.48. The fourth-order valence-electron chi connectivity index (χ4n) is 3.02. The van der Waals surface area contributed by atoms with Crippen LogP contribution in [-0.4, -0.2) is 22.0 Å². The number of benzene rings is 1. The highest BCUT2D eigenvalue weighted by molar-refractivity contribution is 7.91. The summed E-state index contributed by atoms with van der Waals surface area (Å²) in [5.74, 6) is 0.861. The maximum atomic E-state index is 12.5. The lowest BCUT2D eigenvalue weighted by molar-refractivity contribution is -0.411. The van der Waals surface area contributed by atoms with Gasteiger partial charge in [0, 0.05) is 0 Å². The fraction of sp³-hybridized carbons (Fsp3) is 0.500. The minimum absolute atomic E-state index is 0.0204. The molecule has 3 nitrogen and oxygen atoms in total. The quantitative estimate of drug-likeness (QED) is 0.488. The van der Waals surface area contributed by atoms with Gasteiger partial charge in [-0.1, -0.05) is 24.8 Å². The molecule has 2 bridgehead atoms. The molecule has 0 radical (unpaired) electrons. The van der Waals surface area contributed by atoms with Crippen molar-refractivity contribution in [1.82, 2.24) is 0 Å². The average Bonchev–Trinajstić information content (AvgIpc) is 2.47. The molecule has 0 N–H and O–H groups in total. The molecule has 1 unspecified atom stereocenters. The predicted molar refractivity (Wildman–Crippen MR) is 78.6 cm³/mol. The van der Waals surface area contributed by atoms with E-state index in [1.165, 1.54) is 0 Å². The van der Waals surface area contributed by atoms with Crippen LogP contribution in [0.3, 0.4) is 0 Å². The lowest BCUT2D eigenvalue weighted by atomic mass is 9.75. The van der Waals surface area contributed by atoms with Gasteiger partial charge in [0.2, 0.25) is 0 Å². The summed E-state index contributed by atoms with van der Waals surface area (Å²) in [6, 6.07) is 9.55. The van der Waals surface area contributed by atoms with Gasteiger partial charge in [0.15, 0.2) is 4.90 Å². The van der Waals surface area contributed by atoms with Crippen molar-refractivity contribution in [3.05, 3.63) is 42.5 Å². The third-order valence-electron chi connectivity index (χ3n) is 4.41. The van der Waals surface area contributed by atoms with Crippen LogP contribution in [0.25, 0.3) is 0 Å². The summed E-state index contributed by atoms with van der Waals surface area (Å²) < 4.78 is 12.5. The van der Waals surface area contributed by atoms with Crippen LogP contribution in [0, 0.1) is 5.92 Å². The van der Waals surface area contributed by atoms with E-state index in [4.69, 9.17) is 9.78 Å². The molecule has 1 aliphatic carbocycles. The molecule has 0 amide bonds. The van der Waals surface area contributed by atoms with E-state index >= 15 is 0 Å². The van der Waals surface area contributed by atoms with E-state index in [-0.39, 0.29) is 6.10 Å². The summed E-state index contributed by atoms with van der Waals surface area (Å²) >= 11 is -1.07. The second-order valence-corrected chi connectivity index (χ2v) is 7.36. The molecule has 4 atom stereocenters. The molecule has 2 aliphatic rings. The number of fused-ring (bicyclic) bond motifs is 2. The Bertz CT molecular complexity index is 490. The van der Waals surface area contributed by atoms with Gasteiger partial charge in [-0.15, -0.1) is 0 Å². The summed E-state index contributed by atoms with van der Waals surface area (Å²) in [4.78, 5) is 12.0. The van der Waals surface area contributed by atoms with Crippen molar-refractivity contribution >= 4 is 11.2 Å². The van der Waals surface area contributed by atoms with Crippen molar-refractivity contribution in [2.45, 2.75) is 42.8 Å². The summed E-state index contributed by atoms with van der Waals surface area (Å²) in [5, 5.41) is 0. The Morgan fingerprint density at radius 2 is 2.15 bits per heavy atom. The highest BCUT2D eigenvalue weighted by Crippen LogP contribution is 2.43. The Morgan fingerprint density at radius 3 is 2.90 bits per heavy atom. The van der Waals surface area contributed by atoms with Crippen molar-refractivity contribution in [2.75, 3.05) is 5.75 Å². The first-order valence-corrected chi connectivity index (χ1v) is 8.36. The third kappa shape index (κ3) is 2.66. The van der Waals surface area contributed by atoms with E-state index in [1.54, 1.807) is 0 Å². The topological polar surface area (TPSA) is 41.5 Å². The van der Waals surface area contributed by atoms with Gasteiger partial charge >= 0.3 is 0 Å². The van der Waals surface area contributed by atoms with Crippen molar-refractivity contribution in [1.29, 1.82) is 0 Å². The Kier molecular flexibility index (Phi) is 3.91. The van der Waals surface area contributed by atoms with Crippen LogP contribution in [-0.2, 0) is 21.0 Å². The van der Waals surface area contributed by atoms with E-state index in [0.29, 0.717) is 11.7 Å². The van der Waals surface area contributed by atoms with Gasteiger partial charge in [0.1, 0.15) is 17.5 Å². The van der Waals surface area contributed by atoms with Crippen molar-refractivity contribution in [3.63, 3.8) is 0 Å². The van der Waals surface area contributed by atoms with Gasteiger partial charge in [-0.3, -0.25) is 0 Å². The van der Waals surface area contributed by atoms with Crippen molar-refractivity contribution in [2.24, 2.45) is 5.92 Å². The smallest absolute Gasteiger partial charge is 0.152 e. The SMILES string of the molecule is C=C1CC[C@@H]2C[C@H]1OO[C@]2(C)C[S+]([O-])c1ccccc1. The molecule has 3 rings (SSSR count). The Hall–Kier alpha value is -0.810. The number of rotatable bonds is 3. The molecule has 1 aromatic carbocycles. The zero-order valence-electron chi connectivity index (χ0n) is 11.7. The van der Waals surface area contributed by atoms with Gasteiger partial charge in [0.05, 0.1) is 0 Å². The molecule has 1 heterocycles. The highest BCUT2D eigenvalue weighted by atomic mass is 32.2. The Balaban J connectivity index is 1.72. The van der Waals surface area contributed by atoms with Crippen LogP contribution in [0.1, 0.15) is 26.2 Å². The molecule has 1 aliphatic heterocycles. The summed E-state index contributed by atoms with van der Waals surface area (Å²) in [6.45, 7) is 6.04. The predicted octanol–water partition coefficient (Wildman–Crippen LogP) is 3.24. The zero-order valence-corrected chi connectivity index (χ0v) is 12.5. The second kappa shape index (κ2) is 5.53. The van der Waals surface area contributed by atoms with Crippen LogP contribution in [0.4, 0.5) is 0 Å². The normalized spacial score (nSPS) is 34.8. The van der Waals surface area contributed by atoms with E-state index < -0.39 is 16.8 Å². The monoisotopic (exact) mass is 292 g/mol. The molecular weight excluding hydrogens is 272 g/mol. The third-order valence-corrected chi connectivity index (χ3v) is 6.04. The molecule has 1 saturated carbocycles. The van der Waals surface area contributed by atoms with Gasteiger partial charge in [0.25, 0.3) is 0 Å². The molecule has 108 valence electrons. The Morgan fingerprint density at radius 1 is 1.40 bits per heavy atom. The van der Waals surface area contributed by atoms with Gasteiger partial charge in [-0.2, -0.15) is 0 Å². The van der Waals surface area contributed by atoms with Crippen molar-refractivity contribution < 1.29 is 14.3 Å². The van der Waals surface area contributed by atoms with E-state index in [1.807, 2.05) is 37.3 Å². The molecule has 1 saturated heterocycles. The van der Waals surface area contributed by atoms with Gasteiger partial charge in [-0.25, -0.2) is 9.78 Å². The molecule has 2 fully saturated rings. The van der Waals surface area contributed by atoms with Crippen LogP contribution in [0.2, 0.25) is 0 Å². The van der Waals surface area contributed by atoms with Gasteiger partial charge in [-0.05, 0) is 61.0 Å². The minimum atomic E-state index is -1.07. The molecule has 1 aromatic rings. The standard InChI is InChI=1S/C16H20O3S/c1-12-8-9-13-10-15(12)18-19-16(13,2)11-20(17)14-6-4-3-5-7-14/h3-7,13,15H,1,8-11H2,2H3/t13-,15-,16-,20?/m1/s1. The molecule has 20 heavy (non-hydrogen) atoms. The molecular formula is C16H20O3S. The first-order valence-electron chi connectivity index (χ1n) is 7.04. The zero-order chi connectivity index (χ0) is 14.2. The summed E-state index contributed by atoms with van der Waals surface area (Å²) in [7, 11) is 0. The van der Waals surface area contributed by atoms with Crippen molar-refractivity contribution in [3.8, 4) is 0 Å². The molecule has 0 aromatic heterocycles. The Labute approximate surface area is 123 Å². The second-order valence-electron chi connectivity index (χ2n) is 5.91. The van der Waals surface area contributed by atoms with Gasteiger partial charge < -0.3 is 4.55 Å². The lowest BCUT2D eigenvalue weighted by Crippen LogP contribution is -2.52. The fourth-order valence-corrected chi connectivity index (χ4v) is 4.45. The van der Waals surface area contributed by atoms with E-state index in [9.17, 15) is 4.55 Å². The molecule has 4 heteroatoms.